The molecule has 2 atom stereocenters. The first-order valence-electron chi connectivity index (χ1n) is 6.04. The second kappa shape index (κ2) is 5.53. The Morgan fingerprint density at radius 2 is 1.94 bits per heavy atom. The predicted molar refractivity (Wildman–Crippen MR) is 62.2 cm³/mol. The molecule has 94 valence electrons. The van der Waals surface area contributed by atoms with E-state index in [0.717, 1.165) is 32.1 Å². The number of carbonyl (C=O) groups is 1. The van der Waals surface area contributed by atoms with Crippen LogP contribution < -0.4 is 5.32 Å². The number of aliphatic hydroxyl groups is 1. The van der Waals surface area contributed by atoms with Gasteiger partial charge in [-0.15, -0.1) is 0 Å². The summed E-state index contributed by atoms with van der Waals surface area (Å²) in [5.74, 6) is 0. The lowest BCUT2D eigenvalue weighted by Gasteiger charge is -2.22. The molecule has 1 fully saturated rings. The van der Waals surface area contributed by atoms with Gasteiger partial charge in [0.2, 0.25) is 0 Å². The van der Waals surface area contributed by atoms with Crippen LogP contribution in [0.25, 0.3) is 0 Å². The molecule has 0 saturated heterocycles. The van der Waals surface area contributed by atoms with E-state index in [4.69, 9.17) is 4.74 Å². The lowest BCUT2D eigenvalue weighted by Crippen LogP contribution is -2.38. The maximum Gasteiger partial charge on any atom is 0.407 e. The van der Waals surface area contributed by atoms with Gasteiger partial charge in [-0.1, -0.05) is 0 Å². The van der Waals surface area contributed by atoms with Gasteiger partial charge in [-0.3, -0.25) is 0 Å². The van der Waals surface area contributed by atoms with Crippen molar-refractivity contribution in [3.05, 3.63) is 0 Å². The van der Waals surface area contributed by atoms with Crippen LogP contribution in [-0.2, 0) is 4.74 Å². The van der Waals surface area contributed by atoms with Crippen LogP contribution in [0.3, 0.4) is 0 Å². The molecule has 16 heavy (non-hydrogen) atoms. The van der Waals surface area contributed by atoms with Crippen LogP contribution in [0.4, 0.5) is 4.79 Å². The van der Waals surface area contributed by atoms with E-state index in [9.17, 15) is 9.90 Å². The topological polar surface area (TPSA) is 58.6 Å². The minimum Gasteiger partial charge on any atom is -0.444 e. The zero-order valence-electron chi connectivity index (χ0n) is 10.5. The van der Waals surface area contributed by atoms with Crippen molar-refractivity contribution < 1.29 is 14.6 Å². The summed E-state index contributed by atoms with van der Waals surface area (Å²) in [6, 6.07) is 0.145. The maximum atomic E-state index is 11.5. The molecular formula is C12H23NO3. The normalized spacial score (nSPS) is 27.0. The van der Waals surface area contributed by atoms with Crippen LogP contribution in [0.5, 0.6) is 0 Å². The van der Waals surface area contributed by atoms with Crippen LogP contribution in [-0.4, -0.2) is 28.9 Å². The number of rotatable bonds is 1. The van der Waals surface area contributed by atoms with Gasteiger partial charge in [-0.25, -0.2) is 4.79 Å². The molecule has 0 aromatic heterocycles. The number of alkyl carbamates (subject to hydrolysis) is 1. The van der Waals surface area contributed by atoms with Crippen molar-refractivity contribution in [3.63, 3.8) is 0 Å². The Labute approximate surface area is 97.4 Å². The number of amides is 1. The van der Waals surface area contributed by atoms with E-state index in [1.807, 2.05) is 20.8 Å². The summed E-state index contributed by atoms with van der Waals surface area (Å²) in [6.07, 6.45) is 3.77. The number of hydrogen-bond donors (Lipinski definition) is 2. The minimum atomic E-state index is -0.450. The summed E-state index contributed by atoms with van der Waals surface area (Å²) in [5, 5.41) is 12.3. The van der Waals surface area contributed by atoms with Crippen molar-refractivity contribution in [2.75, 3.05) is 0 Å². The van der Waals surface area contributed by atoms with Crippen LogP contribution >= 0.6 is 0 Å². The fraction of sp³-hybridized carbons (Fsp3) is 0.917. The number of nitrogens with one attached hydrogen (secondary N) is 1. The Morgan fingerprint density at radius 1 is 1.25 bits per heavy atom. The van der Waals surface area contributed by atoms with Crippen molar-refractivity contribution in [1.82, 2.24) is 5.32 Å². The Hall–Kier alpha value is -0.770. The third kappa shape index (κ3) is 5.35. The Bertz CT molecular complexity index is 235. The van der Waals surface area contributed by atoms with Crippen molar-refractivity contribution in [2.45, 2.75) is 70.6 Å². The molecule has 0 radical (unpaired) electrons. The molecule has 1 aliphatic carbocycles. The van der Waals surface area contributed by atoms with Crippen molar-refractivity contribution >= 4 is 6.09 Å². The minimum absolute atomic E-state index is 0.145. The van der Waals surface area contributed by atoms with Gasteiger partial charge in [0.15, 0.2) is 0 Å². The molecule has 2 N–H and O–H groups in total. The Kier molecular flexibility index (Phi) is 4.59. The molecule has 4 heteroatoms. The van der Waals surface area contributed by atoms with E-state index in [1.54, 1.807) is 0 Å². The van der Waals surface area contributed by atoms with Crippen LogP contribution in [0.1, 0.15) is 52.9 Å². The highest BCUT2D eigenvalue weighted by molar-refractivity contribution is 5.68. The molecule has 4 nitrogen and oxygen atoms in total. The second-order valence-corrected chi connectivity index (χ2v) is 5.51. The lowest BCUT2D eigenvalue weighted by atomic mass is 10.1. The SMILES string of the molecule is CC(C)(C)OC(=O)N[C@H]1CCCC(O)CC1. The second-order valence-electron chi connectivity index (χ2n) is 5.51. The molecular weight excluding hydrogens is 206 g/mol. The Balaban J connectivity index is 2.33. The van der Waals surface area contributed by atoms with Crippen molar-refractivity contribution in [3.8, 4) is 0 Å². The highest BCUT2D eigenvalue weighted by Crippen LogP contribution is 2.18. The zero-order valence-corrected chi connectivity index (χ0v) is 10.5. The standard InChI is InChI=1S/C12H23NO3/c1-12(2,3)16-11(15)13-9-5-4-6-10(14)8-7-9/h9-10,14H,4-8H2,1-3H3,(H,13,15)/t9-,10?/m0/s1. The highest BCUT2D eigenvalue weighted by Gasteiger charge is 2.22. The van der Waals surface area contributed by atoms with Crippen LogP contribution in [0.15, 0.2) is 0 Å². The van der Waals surface area contributed by atoms with Gasteiger partial charge in [0.25, 0.3) is 0 Å². The molecule has 1 saturated carbocycles. The van der Waals surface area contributed by atoms with Crippen LogP contribution in [0.2, 0.25) is 0 Å². The van der Waals surface area contributed by atoms with Crippen LogP contribution in [0, 0.1) is 0 Å². The van der Waals surface area contributed by atoms with Gasteiger partial charge in [-0.05, 0) is 52.9 Å². The van der Waals surface area contributed by atoms with Gasteiger partial charge in [-0.2, -0.15) is 0 Å². The number of ether oxygens (including phenoxy) is 1. The molecule has 0 aliphatic heterocycles. The third-order valence-corrected chi connectivity index (χ3v) is 2.66. The molecule has 1 rings (SSSR count). The van der Waals surface area contributed by atoms with E-state index >= 15 is 0 Å². The third-order valence-electron chi connectivity index (χ3n) is 2.66. The van der Waals surface area contributed by atoms with E-state index < -0.39 is 5.60 Å². The molecule has 0 aromatic rings. The summed E-state index contributed by atoms with van der Waals surface area (Å²) in [4.78, 5) is 11.5. The van der Waals surface area contributed by atoms with E-state index in [-0.39, 0.29) is 18.2 Å². The zero-order chi connectivity index (χ0) is 12.2. The Morgan fingerprint density at radius 3 is 2.56 bits per heavy atom. The molecule has 0 spiro atoms. The summed E-state index contributed by atoms with van der Waals surface area (Å²) < 4.78 is 5.20. The smallest absolute Gasteiger partial charge is 0.407 e. The number of carbonyl (C=O) groups excluding carboxylic acids is 1. The molecule has 0 aromatic carbocycles. The average Bonchev–Trinajstić information content (AvgIpc) is 2.27. The first-order chi connectivity index (χ1) is 7.37. The molecule has 0 heterocycles. The van der Waals surface area contributed by atoms with Gasteiger partial charge < -0.3 is 15.2 Å². The first kappa shape index (κ1) is 13.3. The summed E-state index contributed by atoms with van der Waals surface area (Å²) in [5.41, 5.74) is -0.450. The maximum absolute atomic E-state index is 11.5. The van der Waals surface area contributed by atoms with Crippen molar-refractivity contribution in [2.24, 2.45) is 0 Å². The summed E-state index contributed by atoms with van der Waals surface area (Å²) in [6.45, 7) is 5.55. The highest BCUT2D eigenvalue weighted by atomic mass is 16.6. The molecule has 1 amide bonds. The quantitative estimate of drug-likeness (QED) is 0.678. The lowest BCUT2D eigenvalue weighted by molar-refractivity contribution is 0.0498. The van der Waals surface area contributed by atoms with Gasteiger partial charge in [0.05, 0.1) is 6.10 Å². The molecule has 1 aliphatic rings. The largest absolute Gasteiger partial charge is 0.444 e. The van der Waals surface area contributed by atoms with Gasteiger partial charge >= 0.3 is 6.09 Å². The average molecular weight is 229 g/mol. The summed E-state index contributed by atoms with van der Waals surface area (Å²) >= 11 is 0. The summed E-state index contributed by atoms with van der Waals surface area (Å²) in [7, 11) is 0. The van der Waals surface area contributed by atoms with Gasteiger partial charge in [0, 0.05) is 6.04 Å². The fourth-order valence-corrected chi connectivity index (χ4v) is 1.90. The monoisotopic (exact) mass is 229 g/mol. The number of aliphatic hydroxyl groups excluding tert-OH is 1. The molecule has 1 unspecified atom stereocenters. The van der Waals surface area contributed by atoms with E-state index in [1.165, 1.54) is 0 Å². The van der Waals surface area contributed by atoms with E-state index in [2.05, 4.69) is 5.32 Å². The molecule has 0 bridgehead atoms. The fourth-order valence-electron chi connectivity index (χ4n) is 1.90. The van der Waals surface area contributed by atoms with Gasteiger partial charge in [0.1, 0.15) is 5.60 Å². The predicted octanol–water partition coefficient (Wildman–Crippen LogP) is 2.20. The van der Waals surface area contributed by atoms with Crippen molar-refractivity contribution in [1.29, 1.82) is 0 Å². The first-order valence-corrected chi connectivity index (χ1v) is 6.04. The number of hydrogen-bond acceptors (Lipinski definition) is 3. The van der Waals surface area contributed by atoms with E-state index in [0.29, 0.717) is 0 Å².